The van der Waals surface area contributed by atoms with Crippen LogP contribution in [0.3, 0.4) is 0 Å². The first kappa shape index (κ1) is 17.0. The van der Waals surface area contributed by atoms with Crippen LogP contribution in [-0.2, 0) is 17.8 Å². The molecule has 0 amide bonds. The van der Waals surface area contributed by atoms with Crippen LogP contribution in [0.1, 0.15) is 31.7 Å². The summed E-state index contributed by atoms with van der Waals surface area (Å²) in [5, 5.41) is 10.3. The number of ether oxygens (including phenoxy) is 1. The van der Waals surface area contributed by atoms with Crippen molar-refractivity contribution in [3.63, 3.8) is 0 Å². The van der Waals surface area contributed by atoms with Crippen molar-refractivity contribution >= 4 is 5.96 Å². The van der Waals surface area contributed by atoms with Crippen LogP contribution in [0.4, 0.5) is 0 Å². The quantitative estimate of drug-likeness (QED) is 0.563. The standard InChI is InChI=1S/C15H24N6O2/c1-4-22-12(2)14-19-13(23-20-14)11-18-15(16-3)17-7-10-21-8-5-6-9-21/h5-6,8-9,12H,4,7,10-11H2,1-3H3,(H2,16,17,18). The maximum absolute atomic E-state index is 5.43. The molecule has 2 N–H and O–H groups in total. The second kappa shape index (κ2) is 8.94. The van der Waals surface area contributed by atoms with Gasteiger partial charge >= 0.3 is 0 Å². The highest BCUT2D eigenvalue weighted by molar-refractivity contribution is 5.79. The minimum Gasteiger partial charge on any atom is -0.371 e. The first-order chi connectivity index (χ1) is 11.2. The first-order valence-electron chi connectivity index (χ1n) is 7.72. The van der Waals surface area contributed by atoms with Crippen molar-refractivity contribution in [1.29, 1.82) is 0 Å². The van der Waals surface area contributed by atoms with Gasteiger partial charge in [-0.3, -0.25) is 4.99 Å². The second-order valence-electron chi connectivity index (χ2n) is 4.92. The highest BCUT2D eigenvalue weighted by atomic mass is 16.5. The maximum atomic E-state index is 5.43. The fourth-order valence-corrected chi connectivity index (χ4v) is 2.03. The van der Waals surface area contributed by atoms with Gasteiger partial charge in [-0.1, -0.05) is 5.16 Å². The molecule has 0 aliphatic heterocycles. The summed E-state index contributed by atoms with van der Waals surface area (Å²) in [7, 11) is 1.72. The highest BCUT2D eigenvalue weighted by Crippen LogP contribution is 2.12. The molecule has 0 fully saturated rings. The van der Waals surface area contributed by atoms with Crippen molar-refractivity contribution in [1.82, 2.24) is 25.3 Å². The molecule has 2 heterocycles. The Morgan fingerprint density at radius 2 is 2.17 bits per heavy atom. The van der Waals surface area contributed by atoms with Gasteiger partial charge in [-0.2, -0.15) is 4.98 Å². The van der Waals surface area contributed by atoms with E-state index in [9.17, 15) is 0 Å². The van der Waals surface area contributed by atoms with E-state index in [4.69, 9.17) is 9.26 Å². The molecule has 0 aliphatic carbocycles. The largest absolute Gasteiger partial charge is 0.371 e. The molecule has 23 heavy (non-hydrogen) atoms. The summed E-state index contributed by atoms with van der Waals surface area (Å²) in [4.78, 5) is 8.47. The SMILES string of the molecule is CCOC(C)c1noc(CNC(=NC)NCCn2cccc2)n1. The predicted octanol–water partition coefficient (Wildman–Crippen LogP) is 1.33. The van der Waals surface area contributed by atoms with Gasteiger partial charge in [0.2, 0.25) is 5.89 Å². The summed E-state index contributed by atoms with van der Waals surface area (Å²) in [5.74, 6) is 1.74. The van der Waals surface area contributed by atoms with Crippen molar-refractivity contribution in [2.45, 2.75) is 33.0 Å². The average molecular weight is 320 g/mol. The molecule has 0 aromatic carbocycles. The van der Waals surface area contributed by atoms with Crippen molar-refractivity contribution in [2.75, 3.05) is 20.2 Å². The normalized spacial score (nSPS) is 13.1. The lowest BCUT2D eigenvalue weighted by Crippen LogP contribution is -2.38. The zero-order valence-corrected chi connectivity index (χ0v) is 13.8. The molecule has 0 spiro atoms. The zero-order chi connectivity index (χ0) is 16.5. The fraction of sp³-hybridized carbons (Fsp3) is 0.533. The summed E-state index contributed by atoms with van der Waals surface area (Å²) in [6.45, 7) is 6.49. The summed E-state index contributed by atoms with van der Waals surface area (Å²) < 4.78 is 12.7. The molecule has 0 saturated heterocycles. The third kappa shape index (κ3) is 5.41. The van der Waals surface area contributed by atoms with Crippen LogP contribution < -0.4 is 10.6 Å². The summed E-state index contributed by atoms with van der Waals surface area (Å²) in [5.41, 5.74) is 0. The Morgan fingerprint density at radius 1 is 1.39 bits per heavy atom. The van der Waals surface area contributed by atoms with Crippen LogP contribution in [0, 0.1) is 0 Å². The van der Waals surface area contributed by atoms with Crippen molar-refractivity contribution < 1.29 is 9.26 Å². The van der Waals surface area contributed by atoms with Crippen LogP contribution in [0.25, 0.3) is 0 Å². The van der Waals surface area contributed by atoms with Gasteiger partial charge in [0, 0.05) is 39.1 Å². The molecule has 8 heteroatoms. The van der Waals surface area contributed by atoms with Gasteiger partial charge < -0.3 is 24.5 Å². The second-order valence-corrected chi connectivity index (χ2v) is 4.92. The Bertz CT molecular complexity index is 593. The molecular formula is C15H24N6O2. The van der Waals surface area contributed by atoms with Gasteiger partial charge in [-0.25, -0.2) is 0 Å². The van der Waals surface area contributed by atoms with Crippen LogP contribution in [0.2, 0.25) is 0 Å². The van der Waals surface area contributed by atoms with E-state index in [0.29, 0.717) is 30.8 Å². The van der Waals surface area contributed by atoms with Crippen LogP contribution in [0.5, 0.6) is 0 Å². The van der Waals surface area contributed by atoms with E-state index >= 15 is 0 Å². The predicted molar refractivity (Wildman–Crippen MR) is 87.0 cm³/mol. The van der Waals surface area contributed by atoms with Gasteiger partial charge in [0.25, 0.3) is 0 Å². The number of guanidine groups is 1. The molecule has 0 bridgehead atoms. The van der Waals surface area contributed by atoms with Crippen LogP contribution in [-0.4, -0.2) is 40.9 Å². The molecule has 8 nitrogen and oxygen atoms in total. The lowest BCUT2D eigenvalue weighted by Gasteiger charge is -2.10. The Morgan fingerprint density at radius 3 is 2.87 bits per heavy atom. The molecule has 1 atom stereocenters. The van der Waals surface area contributed by atoms with Gasteiger partial charge in [0.05, 0.1) is 6.54 Å². The smallest absolute Gasteiger partial charge is 0.246 e. The number of rotatable bonds is 8. The number of hydrogen-bond donors (Lipinski definition) is 2. The Balaban J connectivity index is 1.74. The lowest BCUT2D eigenvalue weighted by atomic mass is 10.4. The Hall–Kier alpha value is -2.35. The number of nitrogens with one attached hydrogen (secondary N) is 2. The minimum atomic E-state index is -0.170. The molecule has 2 aromatic heterocycles. The highest BCUT2D eigenvalue weighted by Gasteiger charge is 2.13. The maximum Gasteiger partial charge on any atom is 0.246 e. The monoisotopic (exact) mass is 320 g/mol. The minimum absolute atomic E-state index is 0.170. The van der Waals surface area contributed by atoms with E-state index in [1.807, 2.05) is 38.4 Å². The average Bonchev–Trinajstić information content (AvgIpc) is 3.22. The number of aliphatic imine (C=N–C) groups is 1. The van der Waals surface area contributed by atoms with Gasteiger partial charge in [0.1, 0.15) is 6.10 Å². The van der Waals surface area contributed by atoms with E-state index in [2.05, 4.69) is 30.3 Å². The molecule has 0 radical (unpaired) electrons. The molecular weight excluding hydrogens is 296 g/mol. The van der Waals surface area contributed by atoms with Crippen molar-refractivity contribution in [3.05, 3.63) is 36.2 Å². The number of hydrogen-bond acceptors (Lipinski definition) is 5. The van der Waals surface area contributed by atoms with Gasteiger partial charge in [-0.05, 0) is 26.0 Å². The zero-order valence-electron chi connectivity index (χ0n) is 13.8. The topological polar surface area (TPSA) is 89.5 Å². The van der Waals surface area contributed by atoms with Gasteiger partial charge in [-0.15, -0.1) is 0 Å². The van der Waals surface area contributed by atoms with Gasteiger partial charge in [0.15, 0.2) is 11.8 Å². The van der Waals surface area contributed by atoms with Crippen molar-refractivity contribution in [2.24, 2.45) is 4.99 Å². The Labute approximate surface area is 135 Å². The van der Waals surface area contributed by atoms with Crippen LogP contribution >= 0.6 is 0 Å². The lowest BCUT2D eigenvalue weighted by molar-refractivity contribution is 0.0683. The van der Waals surface area contributed by atoms with E-state index < -0.39 is 0 Å². The van der Waals surface area contributed by atoms with E-state index in [-0.39, 0.29) is 6.10 Å². The molecule has 126 valence electrons. The number of aromatic nitrogens is 3. The summed E-state index contributed by atoms with van der Waals surface area (Å²) in [6, 6.07) is 4.01. The third-order valence-electron chi connectivity index (χ3n) is 3.22. The third-order valence-corrected chi connectivity index (χ3v) is 3.22. The van der Waals surface area contributed by atoms with Crippen LogP contribution in [0.15, 0.2) is 34.0 Å². The molecule has 0 saturated carbocycles. The molecule has 1 unspecified atom stereocenters. The summed E-state index contributed by atoms with van der Waals surface area (Å²) in [6.07, 6.45) is 3.88. The van der Waals surface area contributed by atoms with Crippen molar-refractivity contribution in [3.8, 4) is 0 Å². The molecule has 2 aromatic rings. The van der Waals surface area contributed by atoms with E-state index in [1.54, 1.807) is 7.05 Å². The van der Waals surface area contributed by atoms with E-state index in [1.165, 1.54) is 0 Å². The molecule has 0 aliphatic rings. The molecule has 2 rings (SSSR count). The summed E-state index contributed by atoms with van der Waals surface area (Å²) >= 11 is 0. The number of nitrogens with zero attached hydrogens (tertiary/aromatic N) is 4. The first-order valence-corrected chi connectivity index (χ1v) is 7.72. The Kier molecular flexibility index (Phi) is 6.61. The fourth-order valence-electron chi connectivity index (χ4n) is 2.03. The van der Waals surface area contributed by atoms with E-state index in [0.717, 1.165) is 13.1 Å².